The van der Waals surface area contributed by atoms with E-state index in [0.717, 1.165) is 42.6 Å². The predicted molar refractivity (Wildman–Crippen MR) is 120 cm³/mol. The zero-order valence-electron chi connectivity index (χ0n) is 18.5. The number of nitrogens with one attached hydrogen (secondary N) is 1. The lowest BCUT2D eigenvalue weighted by molar-refractivity contribution is 0.0945. The second-order valence-corrected chi connectivity index (χ2v) is 8.38. The first-order valence-corrected chi connectivity index (χ1v) is 10.9. The molecule has 1 saturated carbocycles. The largest absolute Gasteiger partial charge is 0.497 e. The van der Waals surface area contributed by atoms with Crippen molar-refractivity contribution in [3.05, 3.63) is 53.3 Å². The van der Waals surface area contributed by atoms with Crippen molar-refractivity contribution in [1.82, 2.24) is 30.5 Å². The van der Waals surface area contributed by atoms with Crippen LogP contribution in [-0.2, 0) is 13.1 Å². The monoisotopic (exact) mass is 435 g/mol. The van der Waals surface area contributed by atoms with Crippen LogP contribution in [0.1, 0.15) is 47.4 Å². The summed E-state index contributed by atoms with van der Waals surface area (Å²) in [5.41, 5.74) is 8.79. The van der Waals surface area contributed by atoms with Gasteiger partial charge in [0.1, 0.15) is 11.4 Å². The number of nitrogens with two attached hydrogens (primary N) is 1. The maximum atomic E-state index is 12.7. The number of methoxy groups -OCH3 is 1. The molecule has 0 spiro atoms. The van der Waals surface area contributed by atoms with Gasteiger partial charge in [0.05, 0.1) is 13.7 Å². The molecule has 0 aliphatic heterocycles. The van der Waals surface area contributed by atoms with E-state index in [-0.39, 0.29) is 11.9 Å². The summed E-state index contributed by atoms with van der Waals surface area (Å²) in [5, 5.41) is 15.9. The molecule has 4 rings (SSSR count). The van der Waals surface area contributed by atoms with Gasteiger partial charge in [-0.3, -0.25) is 4.79 Å². The molecule has 32 heavy (non-hydrogen) atoms. The molecule has 168 valence electrons. The fraction of sp³-hybridized carbons (Fsp3) is 0.435. The maximum Gasteiger partial charge on any atom is 0.270 e. The molecule has 3 aromatic rings. The SMILES string of the molecule is COc1cccc(CNC(=O)c2cc(-c3nnn(C[C@H]4CCC[C@@H](N)C4)n3)cc(C)n2)c1. The van der Waals surface area contributed by atoms with Crippen LogP contribution in [0.25, 0.3) is 11.4 Å². The standard InChI is InChI=1S/C23H29N7O2/c1-15-9-18(22-27-29-30(28-22)14-17-6-3-7-19(24)10-17)12-21(26-15)23(31)25-13-16-5-4-8-20(11-16)32-2/h4-5,8-9,11-12,17,19H,3,6-7,10,13-14,24H2,1-2H3,(H,25,31)/t17-,19+/m0/s1. The molecule has 1 aliphatic carbocycles. The molecule has 0 saturated heterocycles. The van der Waals surface area contributed by atoms with E-state index in [0.29, 0.717) is 36.2 Å². The third-order valence-electron chi connectivity index (χ3n) is 5.73. The van der Waals surface area contributed by atoms with Crippen LogP contribution in [0.4, 0.5) is 0 Å². The van der Waals surface area contributed by atoms with Crippen LogP contribution in [-0.4, -0.2) is 44.3 Å². The van der Waals surface area contributed by atoms with Crippen LogP contribution < -0.4 is 15.8 Å². The molecule has 9 heteroatoms. The number of pyridine rings is 1. The van der Waals surface area contributed by atoms with Gasteiger partial charge in [-0.2, -0.15) is 4.80 Å². The summed E-state index contributed by atoms with van der Waals surface area (Å²) in [6.45, 7) is 2.92. The molecular weight excluding hydrogens is 406 g/mol. The molecular formula is C23H29N7O2. The molecule has 2 aromatic heterocycles. The molecule has 3 N–H and O–H groups in total. The lowest BCUT2D eigenvalue weighted by Crippen LogP contribution is -2.30. The second kappa shape index (κ2) is 9.86. The molecule has 1 amide bonds. The molecule has 2 atom stereocenters. The van der Waals surface area contributed by atoms with E-state index in [1.807, 2.05) is 37.3 Å². The lowest BCUT2D eigenvalue weighted by Gasteiger charge is -2.25. The fourth-order valence-electron chi connectivity index (χ4n) is 4.13. The highest BCUT2D eigenvalue weighted by atomic mass is 16.5. The van der Waals surface area contributed by atoms with Crippen molar-refractivity contribution in [1.29, 1.82) is 0 Å². The van der Waals surface area contributed by atoms with Crippen molar-refractivity contribution in [3.8, 4) is 17.1 Å². The zero-order valence-corrected chi connectivity index (χ0v) is 18.5. The highest BCUT2D eigenvalue weighted by molar-refractivity contribution is 5.93. The van der Waals surface area contributed by atoms with Gasteiger partial charge in [0.2, 0.25) is 5.82 Å². The normalized spacial score (nSPS) is 18.3. The highest BCUT2D eigenvalue weighted by Gasteiger charge is 2.21. The maximum absolute atomic E-state index is 12.7. The van der Waals surface area contributed by atoms with Crippen LogP contribution >= 0.6 is 0 Å². The van der Waals surface area contributed by atoms with Gasteiger partial charge in [0.25, 0.3) is 5.91 Å². The number of ether oxygens (including phenoxy) is 1. The van der Waals surface area contributed by atoms with Crippen LogP contribution in [0.2, 0.25) is 0 Å². The number of tetrazole rings is 1. The molecule has 0 radical (unpaired) electrons. The Kier molecular flexibility index (Phi) is 6.75. The van der Waals surface area contributed by atoms with Gasteiger partial charge in [-0.05, 0) is 67.1 Å². The van der Waals surface area contributed by atoms with Crippen molar-refractivity contribution >= 4 is 5.91 Å². The predicted octanol–water partition coefficient (Wildman–Crippen LogP) is 2.50. The summed E-state index contributed by atoms with van der Waals surface area (Å²) in [5.74, 6) is 1.44. The number of hydrogen-bond acceptors (Lipinski definition) is 7. The number of rotatable bonds is 7. The highest BCUT2D eigenvalue weighted by Crippen LogP contribution is 2.24. The van der Waals surface area contributed by atoms with Gasteiger partial charge in [-0.1, -0.05) is 18.6 Å². The van der Waals surface area contributed by atoms with Crippen molar-refractivity contribution < 1.29 is 9.53 Å². The van der Waals surface area contributed by atoms with E-state index in [2.05, 4.69) is 25.7 Å². The first-order chi connectivity index (χ1) is 15.5. The molecule has 1 aromatic carbocycles. The smallest absolute Gasteiger partial charge is 0.270 e. The number of hydrogen-bond donors (Lipinski definition) is 2. The Morgan fingerprint density at radius 2 is 2.16 bits per heavy atom. The Hall–Kier alpha value is -3.33. The number of nitrogens with zero attached hydrogens (tertiary/aromatic N) is 5. The second-order valence-electron chi connectivity index (χ2n) is 8.38. The third kappa shape index (κ3) is 5.47. The Morgan fingerprint density at radius 1 is 1.28 bits per heavy atom. The molecule has 0 unspecified atom stereocenters. The van der Waals surface area contributed by atoms with Crippen molar-refractivity contribution in [2.45, 2.75) is 51.7 Å². The molecule has 1 aliphatic rings. The Labute approximate surface area is 187 Å². The van der Waals surface area contributed by atoms with Crippen LogP contribution in [0, 0.1) is 12.8 Å². The van der Waals surface area contributed by atoms with Crippen molar-refractivity contribution in [2.24, 2.45) is 11.7 Å². The summed E-state index contributed by atoms with van der Waals surface area (Å²) < 4.78 is 5.23. The van der Waals surface area contributed by atoms with E-state index < -0.39 is 0 Å². The number of amides is 1. The van der Waals surface area contributed by atoms with Gasteiger partial charge >= 0.3 is 0 Å². The molecule has 1 fully saturated rings. The number of carbonyl (C=O) groups is 1. The number of carbonyl (C=O) groups excluding carboxylic acids is 1. The Balaban J connectivity index is 1.44. The Morgan fingerprint density at radius 3 is 2.97 bits per heavy atom. The zero-order chi connectivity index (χ0) is 22.5. The average molecular weight is 436 g/mol. The third-order valence-corrected chi connectivity index (χ3v) is 5.73. The molecule has 9 nitrogen and oxygen atoms in total. The van der Waals surface area contributed by atoms with Crippen LogP contribution in [0.3, 0.4) is 0 Å². The number of aromatic nitrogens is 5. The Bertz CT molecular complexity index is 1080. The van der Waals surface area contributed by atoms with E-state index in [1.54, 1.807) is 18.0 Å². The first-order valence-electron chi connectivity index (χ1n) is 10.9. The van der Waals surface area contributed by atoms with Crippen LogP contribution in [0.5, 0.6) is 5.75 Å². The number of aryl methyl sites for hydroxylation is 1. The minimum absolute atomic E-state index is 0.262. The van der Waals surface area contributed by atoms with Crippen molar-refractivity contribution in [2.75, 3.05) is 7.11 Å². The summed E-state index contributed by atoms with van der Waals surface area (Å²) in [6, 6.07) is 11.4. The minimum atomic E-state index is -0.263. The molecule has 0 bridgehead atoms. The van der Waals surface area contributed by atoms with Gasteiger partial charge in [0.15, 0.2) is 0 Å². The first kappa shape index (κ1) is 21.9. The van der Waals surface area contributed by atoms with Gasteiger partial charge in [-0.15, -0.1) is 10.2 Å². The van der Waals surface area contributed by atoms with E-state index in [9.17, 15) is 4.79 Å². The van der Waals surface area contributed by atoms with Gasteiger partial charge in [-0.25, -0.2) is 4.98 Å². The van der Waals surface area contributed by atoms with Gasteiger partial charge < -0.3 is 15.8 Å². The quantitative estimate of drug-likeness (QED) is 0.585. The fourth-order valence-corrected chi connectivity index (χ4v) is 4.13. The minimum Gasteiger partial charge on any atom is -0.497 e. The van der Waals surface area contributed by atoms with E-state index in [4.69, 9.17) is 10.5 Å². The van der Waals surface area contributed by atoms with E-state index in [1.165, 1.54) is 0 Å². The van der Waals surface area contributed by atoms with Crippen LogP contribution in [0.15, 0.2) is 36.4 Å². The van der Waals surface area contributed by atoms with Gasteiger partial charge in [0, 0.05) is 23.8 Å². The topological polar surface area (TPSA) is 121 Å². The summed E-state index contributed by atoms with van der Waals surface area (Å²) in [7, 11) is 1.62. The average Bonchev–Trinajstić information content (AvgIpc) is 3.25. The summed E-state index contributed by atoms with van der Waals surface area (Å²) >= 11 is 0. The summed E-state index contributed by atoms with van der Waals surface area (Å²) in [6.07, 6.45) is 4.36. The van der Waals surface area contributed by atoms with E-state index >= 15 is 0 Å². The van der Waals surface area contributed by atoms with Crippen molar-refractivity contribution in [3.63, 3.8) is 0 Å². The lowest BCUT2D eigenvalue weighted by atomic mass is 9.86. The summed E-state index contributed by atoms with van der Waals surface area (Å²) in [4.78, 5) is 18.7. The number of benzene rings is 1. The molecule has 2 heterocycles.